The molecule has 0 spiro atoms. The van der Waals surface area contributed by atoms with Crippen LogP contribution in [0.4, 0.5) is 0 Å². The zero-order valence-electron chi connectivity index (χ0n) is 9.89. The van der Waals surface area contributed by atoms with E-state index >= 15 is 0 Å². The highest BCUT2D eigenvalue weighted by atomic mass is 32.2. The van der Waals surface area contributed by atoms with Crippen LogP contribution in [0.2, 0.25) is 0 Å². The van der Waals surface area contributed by atoms with E-state index in [9.17, 15) is 13.2 Å². The van der Waals surface area contributed by atoms with Crippen molar-refractivity contribution in [2.24, 2.45) is 0 Å². The highest BCUT2D eigenvalue weighted by Gasteiger charge is 2.37. The Morgan fingerprint density at radius 1 is 1.47 bits per heavy atom. The number of nitrogens with one attached hydrogen (secondary N) is 1. The van der Waals surface area contributed by atoms with Crippen molar-refractivity contribution in [3.8, 4) is 0 Å². The molecular weight excluding hydrogens is 260 g/mol. The molecule has 0 aromatic carbocycles. The normalized spacial score (nSPS) is 30.5. The number of hydrogen-bond acceptors (Lipinski definition) is 5. The molecule has 2 aliphatic rings. The molecule has 2 saturated heterocycles. The first kappa shape index (κ1) is 13.2. The van der Waals surface area contributed by atoms with Gasteiger partial charge in [-0.25, -0.2) is 8.42 Å². The predicted octanol–water partition coefficient (Wildman–Crippen LogP) is -0.315. The lowest BCUT2D eigenvalue weighted by Crippen LogP contribution is -2.54. The van der Waals surface area contributed by atoms with Gasteiger partial charge in [-0.15, -0.1) is 0 Å². The van der Waals surface area contributed by atoms with Gasteiger partial charge in [-0.05, 0) is 19.4 Å². The molecule has 98 valence electrons. The van der Waals surface area contributed by atoms with Gasteiger partial charge in [0.1, 0.15) is 5.37 Å². The number of rotatable bonds is 2. The second kappa shape index (κ2) is 5.16. The van der Waals surface area contributed by atoms with Crippen molar-refractivity contribution in [2.75, 3.05) is 30.9 Å². The lowest BCUT2D eigenvalue weighted by Gasteiger charge is -2.35. The number of amides is 1. The molecule has 0 aromatic heterocycles. The van der Waals surface area contributed by atoms with E-state index in [-0.39, 0.29) is 11.9 Å². The second-order valence-corrected chi connectivity index (χ2v) is 7.89. The van der Waals surface area contributed by atoms with Crippen LogP contribution in [0.3, 0.4) is 0 Å². The van der Waals surface area contributed by atoms with Gasteiger partial charge in [-0.1, -0.05) is 0 Å². The summed E-state index contributed by atoms with van der Waals surface area (Å²) in [5, 5.41) is 2.49. The van der Waals surface area contributed by atoms with Gasteiger partial charge in [0.15, 0.2) is 9.84 Å². The van der Waals surface area contributed by atoms with Gasteiger partial charge in [0.25, 0.3) is 0 Å². The molecule has 2 rings (SSSR count). The molecule has 0 aromatic rings. The molecule has 1 amide bonds. The number of carbonyl (C=O) groups is 1. The summed E-state index contributed by atoms with van der Waals surface area (Å²) in [6, 6.07) is -0.178. The molecule has 5 nitrogen and oxygen atoms in total. The van der Waals surface area contributed by atoms with Crippen LogP contribution in [-0.2, 0) is 14.6 Å². The maximum absolute atomic E-state index is 12.2. The minimum atomic E-state index is -3.19. The molecule has 1 unspecified atom stereocenters. The summed E-state index contributed by atoms with van der Waals surface area (Å²) < 4.78 is 23.4. The minimum absolute atomic E-state index is 0.0433. The lowest BCUT2D eigenvalue weighted by atomic mass is 10.2. The molecule has 1 N–H and O–H groups in total. The molecule has 17 heavy (non-hydrogen) atoms. The molecule has 2 atom stereocenters. The highest BCUT2D eigenvalue weighted by molar-refractivity contribution is 8.00. The Balaban J connectivity index is 2.13. The molecule has 0 aliphatic carbocycles. The minimum Gasteiger partial charge on any atom is -0.323 e. The third-order valence-electron chi connectivity index (χ3n) is 3.22. The fraction of sp³-hybridized carbons (Fsp3) is 0.900. The van der Waals surface area contributed by atoms with Gasteiger partial charge < -0.3 is 10.2 Å². The van der Waals surface area contributed by atoms with E-state index in [4.69, 9.17) is 0 Å². The quantitative estimate of drug-likeness (QED) is 0.750. The molecule has 7 heteroatoms. The summed E-state index contributed by atoms with van der Waals surface area (Å²) in [6.45, 7) is 1.39. The van der Waals surface area contributed by atoms with Gasteiger partial charge in [-0.3, -0.25) is 4.79 Å². The molecule has 2 aliphatic heterocycles. The number of sulfone groups is 1. The maximum Gasteiger partial charge on any atom is 0.240 e. The predicted molar refractivity (Wildman–Crippen MR) is 68.7 cm³/mol. The Labute approximate surface area is 106 Å². The fourth-order valence-electron chi connectivity index (χ4n) is 2.28. The monoisotopic (exact) mass is 278 g/mol. The van der Waals surface area contributed by atoms with Gasteiger partial charge in [0.05, 0.1) is 6.04 Å². The van der Waals surface area contributed by atoms with Crippen LogP contribution in [0.25, 0.3) is 0 Å². The van der Waals surface area contributed by atoms with E-state index in [0.29, 0.717) is 12.3 Å². The van der Waals surface area contributed by atoms with E-state index < -0.39 is 15.2 Å². The van der Waals surface area contributed by atoms with Crippen LogP contribution in [0.15, 0.2) is 0 Å². The van der Waals surface area contributed by atoms with Crippen LogP contribution in [0, 0.1) is 0 Å². The Hall–Kier alpha value is -0.270. The largest absolute Gasteiger partial charge is 0.323 e. The maximum atomic E-state index is 12.2. The topological polar surface area (TPSA) is 66.5 Å². The van der Waals surface area contributed by atoms with Gasteiger partial charge in [0, 0.05) is 24.3 Å². The summed E-state index contributed by atoms with van der Waals surface area (Å²) in [4.78, 5) is 13.8. The van der Waals surface area contributed by atoms with Crippen LogP contribution in [-0.4, -0.2) is 61.5 Å². The molecular formula is C10H18N2O3S2. The third-order valence-corrected chi connectivity index (χ3v) is 5.86. The highest BCUT2D eigenvalue weighted by Crippen LogP contribution is 2.22. The Bertz CT molecular complexity index is 390. The summed E-state index contributed by atoms with van der Waals surface area (Å²) in [5.74, 6) is 1.28. The van der Waals surface area contributed by atoms with Gasteiger partial charge >= 0.3 is 0 Å². The average molecular weight is 278 g/mol. The van der Waals surface area contributed by atoms with Crippen molar-refractivity contribution in [3.05, 3.63) is 0 Å². The van der Waals surface area contributed by atoms with E-state index in [2.05, 4.69) is 5.32 Å². The second-order valence-electron chi connectivity index (χ2n) is 4.54. The molecule has 0 bridgehead atoms. The number of carbonyl (C=O) groups excluding carboxylic acids is 1. The summed E-state index contributed by atoms with van der Waals surface area (Å²) in [6.07, 6.45) is 3.02. The van der Waals surface area contributed by atoms with Crippen molar-refractivity contribution >= 4 is 27.5 Å². The Kier molecular flexibility index (Phi) is 3.99. The van der Waals surface area contributed by atoms with Crippen LogP contribution in [0.5, 0.6) is 0 Å². The van der Waals surface area contributed by atoms with Crippen molar-refractivity contribution in [1.29, 1.82) is 0 Å². The van der Waals surface area contributed by atoms with E-state index in [1.54, 1.807) is 16.7 Å². The zero-order chi connectivity index (χ0) is 12.5. The number of hydrogen-bond donors (Lipinski definition) is 1. The first-order chi connectivity index (χ1) is 8.00. The standard InChI is InChI=1S/C10H18N2O3S2/c1-17(14,15)9-7-16-6-5-12(9)10(13)8-3-2-4-11-8/h8-9,11H,2-7H2,1H3/t8-,9?/m1/s1. The van der Waals surface area contributed by atoms with Crippen LogP contribution >= 0.6 is 11.8 Å². The first-order valence-corrected chi connectivity index (χ1v) is 8.91. The van der Waals surface area contributed by atoms with E-state index in [1.807, 2.05) is 0 Å². The van der Waals surface area contributed by atoms with Crippen LogP contribution < -0.4 is 5.32 Å². The van der Waals surface area contributed by atoms with Crippen molar-refractivity contribution in [1.82, 2.24) is 10.2 Å². The molecule has 0 saturated carbocycles. The molecule has 2 fully saturated rings. The smallest absolute Gasteiger partial charge is 0.240 e. The number of thioether (sulfide) groups is 1. The van der Waals surface area contributed by atoms with Gasteiger partial charge in [0.2, 0.25) is 5.91 Å². The fourth-order valence-corrected chi connectivity index (χ4v) is 5.11. The average Bonchev–Trinajstić information content (AvgIpc) is 2.80. The van der Waals surface area contributed by atoms with Crippen molar-refractivity contribution < 1.29 is 13.2 Å². The Morgan fingerprint density at radius 2 is 2.24 bits per heavy atom. The van der Waals surface area contributed by atoms with E-state index in [0.717, 1.165) is 25.1 Å². The number of nitrogens with zero attached hydrogens (tertiary/aromatic N) is 1. The van der Waals surface area contributed by atoms with E-state index in [1.165, 1.54) is 6.26 Å². The first-order valence-electron chi connectivity index (χ1n) is 5.80. The molecule has 2 heterocycles. The SMILES string of the molecule is CS(=O)(=O)C1CSCCN1C(=O)[C@H]1CCCN1. The van der Waals surface area contributed by atoms with Crippen molar-refractivity contribution in [2.45, 2.75) is 24.3 Å². The van der Waals surface area contributed by atoms with Crippen molar-refractivity contribution in [3.63, 3.8) is 0 Å². The van der Waals surface area contributed by atoms with Gasteiger partial charge in [-0.2, -0.15) is 11.8 Å². The lowest BCUT2D eigenvalue weighted by molar-refractivity contribution is -0.133. The van der Waals surface area contributed by atoms with Crippen LogP contribution in [0.1, 0.15) is 12.8 Å². The summed E-state index contributed by atoms with van der Waals surface area (Å²) in [7, 11) is -3.19. The third kappa shape index (κ3) is 2.95. The zero-order valence-corrected chi connectivity index (χ0v) is 11.5. The summed E-state index contributed by atoms with van der Waals surface area (Å²) in [5.41, 5.74) is 0. The Morgan fingerprint density at radius 3 is 2.82 bits per heavy atom. The molecule has 0 radical (unpaired) electrons. The summed E-state index contributed by atoms with van der Waals surface area (Å²) >= 11 is 1.60.